The normalized spacial score (nSPS) is 10.3. The number of hydrogen-bond donors (Lipinski definition) is 0. The Morgan fingerprint density at radius 3 is 3.19 bits per heavy atom. The Labute approximate surface area is 91.0 Å². The molecule has 2 aromatic rings. The van der Waals surface area contributed by atoms with E-state index >= 15 is 0 Å². The van der Waals surface area contributed by atoms with E-state index in [1.54, 1.807) is 19.1 Å². The van der Waals surface area contributed by atoms with Crippen LogP contribution in [0.15, 0.2) is 22.8 Å². The second kappa shape index (κ2) is 4.56. The van der Waals surface area contributed by atoms with E-state index in [-0.39, 0.29) is 6.54 Å². The number of carbonyl (C=O) groups is 1. The van der Waals surface area contributed by atoms with Crippen molar-refractivity contribution in [2.45, 2.75) is 13.5 Å². The van der Waals surface area contributed by atoms with Crippen molar-refractivity contribution in [2.75, 3.05) is 6.61 Å². The first kappa shape index (κ1) is 10.3. The second-order valence-electron chi connectivity index (χ2n) is 2.93. The average molecular weight is 222 g/mol. The molecule has 0 aliphatic rings. The van der Waals surface area contributed by atoms with Gasteiger partial charge in [0.05, 0.1) is 12.9 Å². The Hall–Kier alpha value is -2.18. The monoisotopic (exact) mass is 222 g/mol. The molecule has 2 heterocycles. The van der Waals surface area contributed by atoms with Crippen molar-refractivity contribution in [1.29, 1.82) is 0 Å². The van der Waals surface area contributed by atoms with Crippen molar-refractivity contribution < 1.29 is 13.9 Å². The summed E-state index contributed by atoms with van der Waals surface area (Å²) in [6, 6.07) is 3.44. The first-order valence-electron chi connectivity index (χ1n) is 4.77. The molecule has 0 bridgehead atoms. The van der Waals surface area contributed by atoms with Crippen molar-refractivity contribution in [3.8, 4) is 11.6 Å². The van der Waals surface area contributed by atoms with Crippen LogP contribution in [0.4, 0.5) is 0 Å². The number of hydrogen-bond acceptors (Lipinski definition) is 6. The molecule has 0 N–H and O–H groups in total. The van der Waals surface area contributed by atoms with Crippen molar-refractivity contribution >= 4 is 5.97 Å². The fourth-order valence-electron chi connectivity index (χ4n) is 1.14. The fraction of sp³-hybridized carbons (Fsp3) is 0.333. The van der Waals surface area contributed by atoms with Crippen LogP contribution < -0.4 is 0 Å². The van der Waals surface area contributed by atoms with Gasteiger partial charge in [0.25, 0.3) is 0 Å². The molecule has 0 amide bonds. The van der Waals surface area contributed by atoms with E-state index in [4.69, 9.17) is 9.15 Å². The third-order valence-electron chi connectivity index (χ3n) is 1.77. The van der Waals surface area contributed by atoms with Gasteiger partial charge in [0.2, 0.25) is 5.82 Å². The predicted octanol–water partition coefficient (Wildman–Crippen LogP) is 0.496. The Kier molecular flexibility index (Phi) is 2.95. The molecule has 0 radical (unpaired) electrons. The molecule has 0 aliphatic heterocycles. The van der Waals surface area contributed by atoms with Gasteiger partial charge in [-0.3, -0.25) is 0 Å². The summed E-state index contributed by atoms with van der Waals surface area (Å²) in [6.07, 6.45) is 1.52. The lowest BCUT2D eigenvalue weighted by atomic mass is 10.4. The van der Waals surface area contributed by atoms with E-state index in [1.165, 1.54) is 6.26 Å². The van der Waals surface area contributed by atoms with Crippen LogP contribution in [0.1, 0.15) is 6.92 Å². The van der Waals surface area contributed by atoms with Gasteiger partial charge in [-0.25, -0.2) is 4.79 Å². The molecule has 16 heavy (non-hydrogen) atoms. The molecule has 0 aromatic carbocycles. The van der Waals surface area contributed by atoms with Gasteiger partial charge in [0, 0.05) is 0 Å². The summed E-state index contributed by atoms with van der Waals surface area (Å²) in [7, 11) is 0. The first-order chi connectivity index (χ1) is 7.79. The molecule has 0 aliphatic carbocycles. The maximum atomic E-state index is 11.1. The number of furan rings is 1. The van der Waals surface area contributed by atoms with Gasteiger partial charge < -0.3 is 9.15 Å². The van der Waals surface area contributed by atoms with Gasteiger partial charge in [-0.05, 0) is 24.3 Å². The highest BCUT2D eigenvalue weighted by molar-refractivity contribution is 5.68. The lowest BCUT2D eigenvalue weighted by Gasteiger charge is -1.98. The molecule has 84 valence electrons. The number of carbonyl (C=O) groups excluding carboxylic acids is 1. The first-order valence-corrected chi connectivity index (χ1v) is 4.77. The number of esters is 1. The van der Waals surface area contributed by atoms with Crippen LogP contribution in [0.2, 0.25) is 0 Å². The minimum atomic E-state index is -0.397. The van der Waals surface area contributed by atoms with Crippen molar-refractivity contribution in [3.63, 3.8) is 0 Å². The highest BCUT2D eigenvalue weighted by Crippen LogP contribution is 2.12. The number of aromatic nitrogens is 4. The second-order valence-corrected chi connectivity index (χ2v) is 2.93. The summed E-state index contributed by atoms with van der Waals surface area (Å²) in [5, 5.41) is 11.4. The summed E-state index contributed by atoms with van der Waals surface area (Å²) >= 11 is 0. The van der Waals surface area contributed by atoms with Gasteiger partial charge >= 0.3 is 5.97 Å². The maximum absolute atomic E-state index is 11.1. The Morgan fingerprint density at radius 2 is 2.50 bits per heavy atom. The topological polar surface area (TPSA) is 83.0 Å². The summed E-state index contributed by atoms with van der Waals surface area (Å²) in [6.45, 7) is 2.01. The molecule has 0 saturated heterocycles. The van der Waals surface area contributed by atoms with E-state index in [0.29, 0.717) is 18.2 Å². The molecule has 0 fully saturated rings. The lowest BCUT2D eigenvalue weighted by Crippen LogP contribution is -2.15. The van der Waals surface area contributed by atoms with Crippen molar-refractivity contribution in [1.82, 2.24) is 20.2 Å². The van der Waals surface area contributed by atoms with Gasteiger partial charge in [-0.1, -0.05) is 0 Å². The van der Waals surface area contributed by atoms with E-state index in [9.17, 15) is 4.79 Å². The number of ether oxygens (including phenoxy) is 1. The zero-order chi connectivity index (χ0) is 11.4. The molecule has 2 rings (SSSR count). The number of nitrogens with zero attached hydrogens (tertiary/aromatic N) is 4. The summed E-state index contributed by atoms with van der Waals surface area (Å²) in [5.41, 5.74) is 0. The largest absolute Gasteiger partial charge is 0.465 e. The van der Waals surface area contributed by atoms with Crippen LogP contribution in [-0.4, -0.2) is 32.8 Å². The third-order valence-corrected chi connectivity index (χ3v) is 1.77. The highest BCUT2D eigenvalue weighted by atomic mass is 16.5. The summed E-state index contributed by atoms with van der Waals surface area (Å²) in [5.74, 6) is 0.454. The lowest BCUT2D eigenvalue weighted by molar-refractivity contribution is -0.144. The van der Waals surface area contributed by atoms with Crippen LogP contribution in [0.5, 0.6) is 0 Å². The van der Waals surface area contributed by atoms with E-state index in [1.807, 2.05) is 0 Å². The van der Waals surface area contributed by atoms with Gasteiger partial charge in [-0.15, -0.1) is 10.2 Å². The van der Waals surface area contributed by atoms with Crippen LogP contribution in [0.3, 0.4) is 0 Å². The number of rotatable bonds is 4. The summed E-state index contributed by atoms with van der Waals surface area (Å²) in [4.78, 5) is 12.3. The minimum absolute atomic E-state index is 0.0540. The molecule has 0 spiro atoms. The zero-order valence-corrected chi connectivity index (χ0v) is 8.66. The Balaban J connectivity index is 2.06. The quantitative estimate of drug-likeness (QED) is 0.700. The van der Waals surface area contributed by atoms with Crippen LogP contribution >= 0.6 is 0 Å². The van der Waals surface area contributed by atoms with Crippen LogP contribution in [0, 0.1) is 0 Å². The van der Waals surface area contributed by atoms with Crippen molar-refractivity contribution in [2.24, 2.45) is 0 Å². The number of tetrazole rings is 1. The van der Waals surface area contributed by atoms with Crippen LogP contribution in [-0.2, 0) is 16.1 Å². The van der Waals surface area contributed by atoms with E-state index < -0.39 is 5.97 Å². The zero-order valence-electron chi connectivity index (χ0n) is 8.66. The minimum Gasteiger partial charge on any atom is -0.465 e. The van der Waals surface area contributed by atoms with Crippen molar-refractivity contribution in [3.05, 3.63) is 18.4 Å². The van der Waals surface area contributed by atoms with Gasteiger partial charge in [0.15, 0.2) is 12.3 Å². The molecule has 0 saturated carbocycles. The predicted molar refractivity (Wildman–Crippen MR) is 52.2 cm³/mol. The molecule has 0 unspecified atom stereocenters. The molecule has 7 heteroatoms. The maximum Gasteiger partial charge on any atom is 0.329 e. The smallest absolute Gasteiger partial charge is 0.329 e. The molecule has 7 nitrogen and oxygen atoms in total. The molecule has 0 atom stereocenters. The Bertz CT molecular complexity index is 463. The highest BCUT2D eigenvalue weighted by Gasteiger charge is 2.10. The van der Waals surface area contributed by atoms with E-state index in [2.05, 4.69) is 15.4 Å². The molecular weight excluding hydrogens is 212 g/mol. The van der Waals surface area contributed by atoms with E-state index in [0.717, 1.165) is 4.80 Å². The summed E-state index contributed by atoms with van der Waals surface area (Å²) < 4.78 is 9.85. The van der Waals surface area contributed by atoms with Gasteiger partial charge in [-0.2, -0.15) is 4.80 Å². The fourth-order valence-corrected chi connectivity index (χ4v) is 1.14. The SMILES string of the molecule is CCOC(=O)Cn1nnc(-c2ccco2)n1. The Morgan fingerprint density at radius 1 is 1.62 bits per heavy atom. The standard InChI is InChI=1S/C9H10N4O3/c1-2-15-8(14)6-13-11-9(10-12-13)7-4-3-5-16-7/h3-5H,2,6H2,1H3. The molecule has 2 aromatic heterocycles. The average Bonchev–Trinajstić information content (AvgIpc) is 2.86. The van der Waals surface area contributed by atoms with Crippen LogP contribution in [0.25, 0.3) is 11.6 Å². The molecular formula is C9H10N4O3. The third kappa shape index (κ3) is 2.25. The van der Waals surface area contributed by atoms with Gasteiger partial charge in [0.1, 0.15) is 0 Å².